The molecule has 2 N–H and O–H groups in total. The lowest BCUT2D eigenvalue weighted by Gasteiger charge is -2.38. The van der Waals surface area contributed by atoms with Crippen LogP contribution in [0.4, 0.5) is 29.3 Å². The van der Waals surface area contributed by atoms with Crippen LogP contribution in [0.25, 0.3) is 26.8 Å². The number of urea groups is 1. The Labute approximate surface area is 220 Å². The number of nitrogens with zero attached hydrogens (tertiary/aromatic N) is 5. The second kappa shape index (κ2) is 9.91. The largest absolute Gasteiger partial charge is 0.401 e. The zero-order chi connectivity index (χ0) is 26.3. The molecule has 5 heterocycles. The molecule has 6 rings (SSSR count). The van der Waals surface area contributed by atoms with Crippen molar-refractivity contribution in [2.45, 2.75) is 12.6 Å². The van der Waals surface area contributed by atoms with Crippen LogP contribution in [-0.4, -0.2) is 87.7 Å². The average Bonchev–Trinajstić information content (AvgIpc) is 3.55. The molecule has 8 nitrogen and oxygen atoms in total. The third kappa shape index (κ3) is 5.18. The fourth-order valence-electron chi connectivity index (χ4n) is 5.04. The summed E-state index contributed by atoms with van der Waals surface area (Å²) in [6, 6.07) is 10.00. The standard InChI is InChI=1S/C26H26F3N7OS/c27-26(28,29)15-34-9-11-36(12-10-34)25(37)35-7-4-17(5-8-35)22-14-19-20(3-6-30-24(19)33-22)32-18-1-2-21-23(13-18)38-16-31-21/h1-4,6,13-14,16H,5,7-12,15H2,(H2,30,32,33). The summed E-state index contributed by atoms with van der Waals surface area (Å²) in [6.45, 7) is 1.16. The van der Waals surface area contributed by atoms with Gasteiger partial charge in [0.2, 0.25) is 0 Å². The summed E-state index contributed by atoms with van der Waals surface area (Å²) in [6.07, 6.45) is 0.264. The van der Waals surface area contributed by atoms with Crippen LogP contribution in [0.3, 0.4) is 0 Å². The van der Waals surface area contributed by atoms with Crippen LogP contribution in [0.2, 0.25) is 0 Å². The lowest BCUT2D eigenvalue weighted by Crippen LogP contribution is -2.54. The van der Waals surface area contributed by atoms with Crippen LogP contribution in [-0.2, 0) is 0 Å². The molecule has 2 aliphatic rings. The average molecular weight is 542 g/mol. The number of benzene rings is 1. The Morgan fingerprint density at radius 1 is 1.05 bits per heavy atom. The molecule has 12 heteroatoms. The van der Waals surface area contributed by atoms with E-state index in [1.165, 1.54) is 4.90 Å². The lowest BCUT2D eigenvalue weighted by atomic mass is 10.0. The number of pyridine rings is 1. The third-order valence-electron chi connectivity index (χ3n) is 7.01. The van der Waals surface area contributed by atoms with Crippen molar-refractivity contribution in [1.29, 1.82) is 0 Å². The van der Waals surface area contributed by atoms with E-state index >= 15 is 0 Å². The number of thiazole rings is 1. The Kier molecular flexibility index (Phi) is 6.44. The van der Waals surface area contributed by atoms with Crippen molar-refractivity contribution in [3.05, 3.63) is 53.8 Å². The van der Waals surface area contributed by atoms with E-state index in [-0.39, 0.29) is 19.1 Å². The number of carbonyl (C=O) groups excluding carboxylic acids is 1. The minimum absolute atomic E-state index is 0.116. The number of rotatable bonds is 4. The number of nitrogens with one attached hydrogen (secondary N) is 2. The first-order chi connectivity index (χ1) is 18.3. The summed E-state index contributed by atoms with van der Waals surface area (Å²) in [7, 11) is 0. The number of carbonyl (C=O) groups is 1. The van der Waals surface area contributed by atoms with E-state index in [4.69, 9.17) is 0 Å². The Hall–Kier alpha value is -3.64. The summed E-state index contributed by atoms with van der Waals surface area (Å²) in [5, 5.41) is 4.47. The molecular formula is C26H26F3N7OS. The maximum atomic E-state index is 13.0. The highest BCUT2D eigenvalue weighted by atomic mass is 32.1. The number of H-pyrrole nitrogens is 1. The minimum atomic E-state index is -4.22. The number of amides is 2. The number of alkyl halides is 3. The number of halogens is 3. The monoisotopic (exact) mass is 541 g/mol. The molecule has 0 aliphatic carbocycles. The number of aromatic nitrogens is 3. The second-order valence-corrected chi connectivity index (χ2v) is 10.4. The number of hydrogen-bond donors (Lipinski definition) is 2. The maximum absolute atomic E-state index is 13.0. The molecule has 198 valence electrons. The zero-order valence-electron chi connectivity index (χ0n) is 20.5. The maximum Gasteiger partial charge on any atom is 0.401 e. The summed E-state index contributed by atoms with van der Waals surface area (Å²) in [5.41, 5.74) is 7.58. The van der Waals surface area contributed by atoms with E-state index in [0.717, 1.165) is 43.9 Å². The van der Waals surface area contributed by atoms with Crippen molar-refractivity contribution in [3.8, 4) is 0 Å². The highest BCUT2D eigenvalue weighted by Gasteiger charge is 2.33. The van der Waals surface area contributed by atoms with E-state index in [2.05, 4.69) is 32.4 Å². The summed E-state index contributed by atoms with van der Waals surface area (Å²) >= 11 is 1.60. The first-order valence-corrected chi connectivity index (χ1v) is 13.3. The van der Waals surface area contributed by atoms with E-state index in [1.807, 2.05) is 29.8 Å². The van der Waals surface area contributed by atoms with Gasteiger partial charge in [0.05, 0.1) is 28.0 Å². The van der Waals surface area contributed by atoms with E-state index in [0.29, 0.717) is 32.6 Å². The second-order valence-electron chi connectivity index (χ2n) is 9.55. The number of piperazine rings is 1. The van der Waals surface area contributed by atoms with Gasteiger partial charge in [-0.3, -0.25) is 4.90 Å². The van der Waals surface area contributed by atoms with Crippen molar-refractivity contribution >= 4 is 55.6 Å². The molecule has 3 aromatic heterocycles. The minimum Gasteiger partial charge on any atom is -0.355 e. The highest BCUT2D eigenvalue weighted by molar-refractivity contribution is 7.16. The Balaban J connectivity index is 1.12. The number of fused-ring (bicyclic) bond motifs is 2. The summed E-state index contributed by atoms with van der Waals surface area (Å²) in [5.74, 6) is 0. The predicted molar refractivity (Wildman–Crippen MR) is 143 cm³/mol. The zero-order valence-corrected chi connectivity index (χ0v) is 21.3. The molecule has 0 atom stereocenters. The molecule has 1 saturated heterocycles. The van der Waals surface area contributed by atoms with Crippen LogP contribution < -0.4 is 5.32 Å². The summed E-state index contributed by atoms with van der Waals surface area (Å²) in [4.78, 5) is 30.0. The van der Waals surface area contributed by atoms with E-state index in [9.17, 15) is 18.0 Å². The molecular weight excluding hydrogens is 515 g/mol. The first kappa shape index (κ1) is 24.7. The molecule has 0 unspecified atom stereocenters. The fraction of sp³-hybridized carbons (Fsp3) is 0.346. The molecule has 2 amide bonds. The van der Waals surface area contributed by atoms with E-state index < -0.39 is 12.7 Å². The Bertz CT molecular complexity index is 1500. The van der Waals surface area contributed by atoms with Gasteiger partial charge in [0.25, 0.3) is 0 Å². The van der Waals surface area contributed by atoms with Crippen LogP contribution in [0.15, 0.2) is 48.1 Å². The van der Waals surface area contributed by atoms with Crippen molar-refractivity contribution in [1.82, 2.24) is 29.7 Å². The van der Waals surface area contributed by atoms with Crippen LogP contribution >= 0.6 is 11.3 Å². The van der Waals surface area contributed by atoms with Crippen molar-refractivity contribution in [2.24, 2.45) is 0 Å². The fourth-order valence-corrected chi connectivity index (χ4v) is 5.75. The van der Waals surface area contributed by atoms with Crippen molar-refractivity contribution in [3.63, 3.8) is 0 Å². The van der Waals surface area contributed by atoms with Gasteiger partial charge in [0.1, 0.15) is 5.65 Å². The van der Waals surface area contributed by atoms with Gasteiger partial charge >= 0.3 is 12.2 Å². The molecule has 1 fully saturated rings. The molecule has 0 saturated carbocycles. The molecule has 1 aromatic carbocycles. The topological polar surface area (TPSA) is 80.4 Å². The van der Waals surface area contributed by atoms with Crippen LogP contribution in [0.5, 0.6) is 0 Å². The number of hydrogen-bond acceptors (Lipinski definition) is 6. The molecule has 0 bridgehead atoms. The van der Waals surface area contributed by atoms with Crippen molar-refractivity contribution in [2.75, 3.05) is 51.1 Å². The normalized spacial score (nSPS) is 17.3. The molecule has 0 radical (unpaired) electrons. The molecule has 4 aromatic rings. The van der Waals surface area contributed by atoms with Gasteiger partial charge < -0.3 is 20.1 Å². The van der Waals surface area contributed by atoms with Gasteiger partial charge in [-0.25, -0.2) is 14.8 Å². The quantitative estimate of drug-likeness (QED) is 0.366. The van der Waals surface area contributed by atoms with E-state index in [1.54, 1.807) is 27.3 Å². The molecule has 38 heavy (non-hydrogen) atoms. The molecule has 0 spiro atoms. The lowest BCUT2D eigenvalue weighted by molar-refractivity contribution is -0.148. The van der Waals surface area contributed by atoms with Gasteiger partial charge in [-0.1, -0.05) is 6.08 Å². The van der Waals surface area contributed by atoms with Crippen LogP contribution in [0.1, 0.15) is 12.1 Å². The van der Waals surface area contributed by atoms with Crippen LogP contribution in [0, 0.1) is 0 Å². The van der Waals surface area contributed by atoms with Gasteiger partial charge in [-0.2, -0.15) is 13.2 Å². The summed E-state index contributed by atoms with van der Waals surface area (Å²) < 4.78 is 39.0. The number of aromatic amines is 1. The Morgan fingerprint density at radius 3 is 2.66 bits per heavy atom. The van der Waals surface area contributed by atoms with Crippen molar-refractivity contribution < 1.29 is 18.0 Å². The van der Waals surface area contributed by atoms with Gasteiger partial charge in [0, 0.05) is 62.2 Å². The van der Waals surface area contributed by atoms with Gasteiger partial charge in [-0.05, 0) is 42.3 Å². The first-order valence-electron chi connectivity index (χ1n) is 12.4. The van der Waals surface area contributed by atoms with Gasteiger partial charge in [0.15, 0.2) is 0 Å². The smallest absolute Gasteiger partial charge is 0.355 e. The van der Waals surface area contributed by atoms with Gasteiger partial charge in [-0.15, -0.1) is 11.3 Å². The SMILES string of the molecule is O=C(N1CC=C(c2cc3c(Nc4ccc5ncsc5c4)ccnc3[nH]2)CC1)N1CCN(CC(F)(F)F)CC1. The third-order valence-corrected chi connectivity index (χ3v) is 7.81. The highest BCUT2D eigenvalue weighted by Crippen LogP contribution is 2.31. The molecule has 2 aliphatic heterocycles. The predicted octanol–water partition coefficient (Wildman–Crippen LogP) is 5.31. The number of anilines is 2. The Morgan fingerprint density at radius 2 is 1.89 bits per heavy atom.